The third-order valence-corrected chi connectivity index (χ3v) is 17.1. The highest BCUT2D eigenvalue weighted by molar-refractivity contribution is 5.76. The number of esters is 1. The van der Waals surface area contributed by atoms with Gasteiger partial charge in [0.1, 0.15) is 0 Å². The Morgan fingerprint density at radius 2 is 0.580 bits per heavy atom. The first-order chi connectivity index (χ1) is 40.0. The maximum absolute atomic E-state index is 12.5. The van der Waals surface area contributed by atoms with E-state index in [0.29, 0.717) is 19.4 Å². The van der Waals surface area contributed by atoms with Crippen molar-refractivity contribution in [3.63, 3.8) is 0 Å². The van der Waals surface area contributed by atoms with Crippen molar-refractivity contribution >= 4 is 11.9 Å². The number of carbonyl (C=O) groups excluding carboxylic acids is 2. The Labute approximate surface area is 506 Å². The molecule has 478 valence electrons. The van der Waals surface area contributed by atoms with Gasteiger partial charge in [0.2, 0.25) is 5.91 Å². The number of allylic oxidation sites excluding steroid dienone is 5. The van der Waals surface area contributed by atoms with Crippen molar-refractivity contribution in [1.82, 2.24) is 5.32 Å². The Morgan fingerprint density at radius 3 is 0.877 bits per heavy atom. The number of nitrogens with one attached hydrogen (secondary N) is 1. The molecule has 0 aromatic rings. The van der Waals surface area contributed by atoms with Gasteiger partial charge >= 0.3 is 5.97 Å². The molecule has 2 atom stereocenters. The molecule has 0 aliphatic heterocycles. The lowest BCUT2D eigenvalue weighted by Gasteiger charge is -2.20. The molecule has 0 rings (SSSR count). The Kier molecular flexibility index (Phi) is 68.9. The van der Waals surface area contributed by atoms with Crippen molar-refractivity contribution in [2.75, 3.05) is 13.2 Å². The molecule has 0 spiro atoms. The lowest BCUT2D eigenvalue weighted by molar-refractivity contribution is -0.143. The summed E-state index contributed by atoms with van der Waals surface area (Å²) < 4.78 is 5.50. The lowest BCUT2D eigenvalue weighted by Crippen LogP contribution is -2.45. The number of aliphatic hydroxyl groups is 2. The Bertz CT molecular complexity index is 1310. The number of amides is 1. The van der Waals surface area contributed by atoms with Crippen LogP contribution >= 0.6 is 0 Å². The summed E-state index contributed by atoms with van der Waals surface area (Å²) in [5, 5.41) is 23.3. The number of carbonyl (C=O) groups is 2. The summed E-state index contributed by atoms with van der Waals surface area (Å²) in [7, 11) is 0. The summed E-state index contributed by atoms with van der Waals surface area (Å²) in [6.45, 7) is 4.93. The van der Waals surface area contributed by atoms with E-state index >= 15 is 0 Å². The van der Waals surface area contributed by atoms with Crippen molar-refractivity contribution in [1.29, 1.82) is 0 Å². The van der Waals surface area contributed by atoms with E-state index in [1.807, 2.05) is 6.08 Å². The lowest BCUT2D eigenvalue weighted by atomic mass is 10.0. The summed E-state index contributed by atoms with van der Waals surface area (Å²) in [6, 6.07) is -0.633. The van der Waals surface area contributed by atoms with Gasteiger partial charge in [-0.3, -0.25) is 9.59 Å². The van der Waals surface area contributed by atoms with E-state index in [1.54, 1.807) is 6.08 Å². The van der Waals surface area contributed by atoms with Gasteiger partial charge in [-0.1, -0.05) is 346 Å². The molecule has 0 aliphatic carbocycles. The van der Waals surface area contributed by atoms with Crippen LogP contribution < -0.4 is 5.32 Å². The SMILES string of the molecule is CCCCCCCC/C=C\CCCCCCCCCC(=O)OCCCCCCCCCCCCCC/C=C\CCCCCCCCCCC(=O)NC(CO)C(O)/C=C/CCCCCCCCCCCCCCCCCCCCCCC. The van der Waals surface area contributed by atoms with Gasteiger partial charge in [0.25, 0.3) is 0 Å². The second-order valence-electron chi connectivity index (χ2n) is 25.3. The van der Waals surface area contributed by atoms with Gasteiger partial charge in [-0.25, -0.2) is 0 Å². The molecule has 0 fully saturated rings. The van der Waals surface area contributed by atoms with Crippen LogP contribution in [0.4, 0.5) is 0 Å². The molecule has 1 amide bonds. The number of ether oxygens (including phenoxy) is 1. The van der Waals surface area contributed by atoms with Crippen LogP contribution in [-0.4, -0.2) is 47.4 Å². The third kappa shape index (κ3) is 67.1. The number of hydrogen-bond acceptors (Lipinski definition) is 5. The highest BCUT2D eigenvalue weighted by Gasteiger charge is 2.18. The first-order valence-corrected chi connectivity index (χ1v) is 36.8. The summed E-state index contributed by atoms with van der Waals surface area (Å²) >= 11 is 0. The van der Waals surface area contributed by atoms with Gasteiger partial charge < -0.3 is 20.3 Å². The monoisotopic (exact) mass is 1140 g/mol. The predicted molar refractivity (Wildman–Crippen MR) is 356 cm³/mol. The maximum atomic E-state index is 12.5. The molecule has 2 unspecified atom stereocenters. The maximum Gasteiger partial charge on any atom is 0.305 e. The average molecular weight is 1140 g/mol. The molecular formula is C75H143NO5. The molecular weight excluding hydrogens is 995 g/mol. The number of aliphatic hydroxyl groups excluding tert-OH is 2. The fourth-order valence-electron chi connectivity index (χ4n) is 11.5. The fraction of sp³-hybridized carbons (Fsp3) is 0.893. The van der Waals surface area contributed by atoms with Crippen LogP contribution in [-0.2, 0) is 14.3 Å². The van der Waals surface area contributed by atoms with Gasteiger partial charge in [0, 0.05) is 12.8 Å². The molecule has 6 heteroatoms. The molecule has 0 aromatic carbocycles. The van der Waals surface area contributed by atoms with Gasteiger partial charge in [-0.15, -0.1) is 0 Å². The van der Waals surface area contributed by atoms with Crippen molar-refractivity contribution in [2.24, 2.45) is 0 Å². The van der Waals surface area contributed by atoms with Crippen molar-refractivity contribution in [2.45, 2.75) is 418 Å². The van der Waals surface area contributed by atoms with E-state index in [9.17, 15) is 19.8 Å². The van der Waals surface area contributed by atoms with Crippen LogP contribution in [0.3, 0.4) is 0 Å². The zero-order valence-corrected chi connectivity index (χ0v) is 54.8. The van der Waals surface area contributed by atoms with Crippen LogP contribution in [0.15, 0.2) is 36.5 Å². The predicted octanol–water partition coefficient (Wildman–Crippen LogP) is 23.9. The standard InChI is InChI=1S/C75H143NO5/c1-3-5-7-9-11-13-15-17-19-21-22-23-26-29-32-36-39-43-47-51-55-59-63-67-73(78)72(71-77)76-74(79)68-64-60-56-52-48-44-40-37-33-30-27-24-25-28-31-34-38-42-46-50-54-58-62-66-70-81-75(80)69-65-61-57-53-49-45-41-35-20-18-16-14-12-10-8-6-4-2/h18,20,27,30,63,67,72-73,77-78H,3-17,19,21-26,28-29,31-62,64-66,68-71H2,1-2H3,(H,76,79)/b20-18-,30-27-,67-63+. The third-order valence-electron chi connectivity index (χ3n) is 17.1. The highest BCUT2D eigenvalue weighted by atomic mass is 16.5. The smallest absolute Gasteiger partial charge is 0.305 e. The minimum Gasteiger partial charge on any atom is -0.466 e. The van der Waals surface area contributed by atoms with Crippen LogP contribution in [0.1, 0.15) is 406 Å². The van der Waals surface area contributed by atoms with Gasteiger partial charge in [0.15, 0.2) is 0 Å². The second-order valence-corrected chi connectivity index (χ2v) is 25.3. The topological polar surface area (TPSA) is 95.9 Å². The molecule has 0 aliphatic rings. The first kappa shape index (κ1) is 79.1. The molecule has 0 aromatic heterocycles. The summed E-state index contributed by atoms with van der Waals surface area (Å²) in [6.07, 6.45) is 90.9. The largest absolute Gasteiger partial charge is 0.466 e. The van der Waals surface area contributed by atoms with Crippen molar-refractivity contribution in [3.05, 3.63) is 36.5 Å². The Morgan fingerprint density at radius 1 is 0.333 bits per heavy atom. The summed E-state index contributed by atoms with van der Waals surface area (Å²) in [5.41, 5.74) is 0. The molecule has 0 saturated heterocycles. The highest BCUT2D eigenvalue weighted by Crippen LogP contribution is 2.19. The molecule has 3 N–H and O–H groups in total. The number of unbranched alkanes of at least 4 members (excludes halogenated alkanes) is 54. The van der Waals surface area contributed by atoms with Crippen molar-refractivity contribution in [3.8, 4) is 0 Å². The zero-order valence-electron chi connectivity index (χ0n) is 54.8. The normalized spacial score (nSPS) is 12.7. The number of rotatable bonds is 69. The van der Waals surface area contributed by atoms with E-state index in [1.165, 1.54) is 334 Å². The minimum absolute atomic E-state index is 0.00942. The first-order valence-electron chi connectivity index (χ1n) is 36.8. The number of hydrogen-bond donors (Lipinski definition) is 3. The fourth-order valence-corrected chi connectivity index (χ4v) is 11.5. The zero-order chi connectivity index (χ0) is 58.5. The van der Waals surface area contributed by atoms with Gasteiger partial charge in [-0.2, -0.15) is 0 Å². The van der Waals surface area contributed by atoms with Crippen LogP contribution in [0.5, 0.6) is 0 Å². The van der Waals surface area contributed by atoms with E-state index in [2.05, 4.69) is 43.5 Å². The molecule has 0 radical (unpaired) electrons. The Hall–Kier alpha value is -1.92. The summed E-state index contributed by atoms with van der Waals surface area (Å²) in [5.74, 6) is -0.0591. The van der Waals surface area contributed by atoms with E-state index in [4.69, 9.17) is 4.74 Å². The van der Waals surface area contributed by atoms with Gasteiger partial charge in [0.05, 0.1) is 25.4 Å². The Balaban J connectivity index is 3.42. The molecule has 6 nitrogen and oxygen atoms in total. The second kappa shape index (κ2) is 70.6. The molecule has 0 heterocycles. The summed E-state index contributed by atoms with van der Waals surface area (Å²) in [4.78, 5) is 24.6. The molecule has 0 saturated carbocycles. The average Bonchev–Trinajstić information content (AvgIpc) is 3.47. The van der Waals surface area contributed by atoms with Gasteiger partial charge in [-0.05, 0) is 83.5 Å². The van der Waals surface area contributed by atoms with Crippen LogP contribution in [0.25, 0.3) is 0 Å². The van der Waals surface area contributed by atoms with Crippen LogP contribution in [0.2, 0.25) is 0 Å². The van der Waals surface area contributed by atoms with E-state index in [-0.39, 0.29) is 18.5 Å². The quantitative estimate of drug-likeness (QED) is 0.0320. The molecule has 81 heavy (non-hydrogen) atoms. The van der Waals surface area contributed by atoms with E-state index < -0.39 is 12.1 Å². The molecule has 0 bridgehead atoms. The minimum atomic E-state index is -0.849. The van der Waals surface area contributed by atoms with Crippen LogP contribution in [0, 0.1) is 0 Å². The van der Waals surface area contributed by atoms with E-state index in [0.717, 1.165) is 44.9 Å². The van der Waals surface area contributed by atoms with Crippen molar-refractivity contribution < 1.29 is 24.5 Å².